The molecule has 0 radical (unpaired) electrons. The molecular weight excluding hydrogens is 270 g/mol. The standard InChI is InChI=1S/C16H23NO4/c1-19-10-12-4-6-17(7-5-12)9-14(18)13-2-3-15-16(8-13)21-11-20-15/h2-3,8,12,14,18H,4-7,9-11H2,1H3. The van der Waals surface area contributed by atoms with Crippen molar-refractivity contribution in [1.29, 1.82) is 0 Å². The van der Waals surface area contributed by atoms with Crippen molar-refractivity contribution in [3.05, 3.63) is 23.8 Å². The van der Waals surface area contributed by atoms with Gasteiger partial charge in [-0.25, -0.2) is 0 Å². The predicted octanol–water partition coefficient (Wildman–Crippen LogP) is 1.81. The lowest BCUT2D eigenvalue weighted by Crippen LogP contribution is -2.37. The Kier molecular flexibility index (Phi) is 4.63. The molecule has 1 saturated heterocycles. The number of methoxy groups -OCH3 is 1. The van der Waals surface area contributed by atoms with Crippen molar-refractivity contribution >= 4 is 0 Å². The van der Waals surface area contributed by atoms with Gasteiger partial charge in [-0.3, -0.25) is 0 Å². The summed E-state index contributed by atoms with van der Waals surface area (Å²) in [5, 5.41) is 10.4. The lowest BCUT2D eigenvalue weighted by Gasteiger charge is -2.32. The van der Waals surface area contributed by atoms with Gasteiger partial charge in [-0.1, -0.05) is 6.07 Å². The lowest BCUT2D eigenvalue weighted by molar-refractivity contribution is 0.0656. The Bertz CT molecular complexity index is 471. The second kappa shape index (κ2) is 6.64. The number of fused-ring (bicyclic) bond motifs is 1. The Hall–Kier alpha value is -1.30. The number of hydrogen-bond donors (Lipinski definition) is 1. The zero-order chi connectivity index (χ0) is 14.7. The molecule has 1 fully saturated rings. The number of β-amino-alcohol motifs (C(OH)–C–C–N with tert-alkyl or cyclic N) is 1. The predicted molar refractivity (Wildman–Crippen MR) is 78.6 cm³/mol. The summed E-state index contributed by atoms with van der Waals surface area (Å²) in [6, 6.07) is 5.66. The second-order valence-electron chi connectivity index (χ2n) is 5.83. The highest BCUT2D eigenvalue weighted by molar-refractivity contribution is 5.45. The zero-order valence-corrected chi connectivity index (χ0v) is 12.5. The average Bonchev–Trinajstić information content (AvgIpc) is 2.97. The number of ether oxygens (including phenoxy) is 3. The molecular formula is C16H23NO4. The number of hydrogen-bond acceptors (Lipinski definition) is 5. The molecule has 1 unspecified atom stereocenters. The monoisotopic (exact) mass is 293 g/mol. The van der Waals surface area contributed by atoms with Gasteiger partial charge in [0.2, 0.25) is 6.79 Å². The maximum absolute atomic E-state index is 10.4. The number of rotatable bonds is 5. The number of likely N-dealkylation sites (tertiary alicyclic amines) is 1. The van der Waals surface area contributed by atoms with Crippen molar-refractivity contribution in [2.45, 2.75) is 18.9 Å². The minimum atomic E-state index is -0.488. The minimum absolute atomic E-state index is 0.266. The molecule has 3 rings (SSSR count). The van der Waals surface area contributed by atoms with E-state index in [0.29, 0.717) is 12.5 Å². The van der Waals surface area contributed by atoms with Crippen molar-refractivity contribution < 1.29 is 19.3 Å². The first-order chi connectivity index (χ1) is 10.3. The van der Waals surface area contributed by atoms with E-state index in [9.17, 15) is 5.11 Å². The molecule has 1 N–H and O–H groups in total. The Morgan fingerprint density at radius 3 is 2.81 bits per heavy atom. The van der Waals surface area contributed by atoms with E-state index in [4.69, 9.17) is 14.2 Å². The maximum atomic E-state index is 10.4. The molecule has 2 aliphatic heterocycles. The Labute approximate surface area is 125 Å². The number of benzene rings is 1. The lowest BCUT2D eigenvalue weighted by atomic mass is 9.97. The van der Waals surface area contributed by atoms with Crippen LogP contribution in [0.1, 0.15) is 24.5 Å². The van der Waals surface area contributed by atoms with Crippen LogP contribution in [0.4, 0.5) is 0 Å². The summed E-state index contributed by atoms with van der Waals surface area (Å²) in [5.74, 6) is 2.14. The van der Waals surface area contributed by atoms with Crippen LogP contribution in [0.2, 0.25) is 0 Å². The van der Waals surface area contributed by atoms with Gasteiger partial charge in [-0.15, -0.1) is 0 Å². The fourth-order valence-corrected chi connectivity index (χ4v) is 3.04. The van der Waals surface area contributed by atoms with Crippen LogP contribution in [0.3, 0.4) is 0 Å². The van der Waals surface area contributed by atoms with Crippen LogP contribution in [-0.2, 0) is 4.74 Å². The molecule has 1 aromatic rings. The van der Waals surface area contributed by atoms with Gasteiger partial charge in [0.1, 0.15) is 0 Å². The van der Waals surface area contributed by atoms with Crippen LogP contribution in [-0.4, -0.2) is 50.2 Å². The third-order valence-electron chi connectivity index (χ3n) is 4.32. The van der Waals surface area contributed by atoms with Gasteiger partial charge in [0.15, 0.2) is 11.5 Å². The molecule has 5 nitrogen and oxygen atoms in total. The molecule has 0 spiro atoms. The van der Waals surface area contributed by atoms with Crippen molar-refractivity contribution in [3.8, 4) is 11.5 Å². The van der Waals surface area contributed by atoms with E-state index in [2.05, 4.69) is 4.90 Å². The van der Waals surface area contributed by atoms with E-state index in [-0.39, 0.29) is 6.79 Å². The van der Waals surface area contributed by atoms with E-state index in [1.54, 1.807) is 7.11 Å². The highest BCUT2D eigenvalue weighted by Gasteiger charge is 2.22. The van der Waals surface area contributed by atoms with E-state index in [0.717, 1.165) is 49.6 Å². The van der Waals surface area contributed by atoms with Crippen LogP contribution >= 0.6 is 0 Å². The summed E-state index contributed by atoms with van der Waals surface area (Å²) in [6.07, 6.45) is 1.79. The van der Waals surface area contributed by atoms with Crippen LogP contribution in [0.25, 0.3) is 0 Å². The maximum Gasteiger partial charge on any atom is 0.231 e. The van der Waals surface area contributed by atoms with Crippen molar-refractivity contribution in [2.75, 3.05) is 40.1 Å². The number of aliphatic hydroxyl groups is 1. The second-order valence-corrected chi connectivity index (χ2v) is 5.83. The van der Waals surface area contributed by atoms with Crippen molar-refractivity contribution in [1.82, 2.24) is 4.90 Å². The van der Waals surface area contributed by atoms with Gasteiger partial charge in [0.05, 0.1) is 6.10 Å². The molecule has 2 aliphatic rings. The van der Waals surface area contributed by atoms with Gasteiger partial charge < -0.3 is 24.2 Å². The molecule has 116 valence electrons. The van der Waals surface area contributed by atoms with Gasteiger partial charge in [0, 0.05) is 20.3 Å². The normalized spacial score (nSPS) is 20.7. The molecule has 21 heavy (non-hydrogen) atoms. The van der Waals surface area contributed by atoms with Gasteiger partial charge in [-0.2, -0.15) is 0 Å². The van der Waals surface area contributed by atoms with E-state index in [1.165, 1.54) is 0 Å². The largest absolute Gasteiger partial charge is 0.454 e. The summed E-state index contributed by atoms with van der Waals surface area (Å²) in [6.45, 7) is 3.82. The van der Waals surface area contributed by atoms with Gasteiger partial charge >= 0.3 is 0 Å². The number of nitrogens with zero attached hydrogens (tertiary/aromatic N) is 1. The molecule has 0 saturated carbocycles. The average molecular weight is 293 g/mol. The van der Waals surface area contributed by atoms with Gasteiger partial charge in [0.25, 0.3) is 0 Å². The molecule has 1 atom stereocenters. The molecule has 5 heteroatoms. The Morgan fingerprint density at radius 2 is 2.05 bits per heavy atom. The van der Waals surface area contributed by atoms with Crippen LogP contribution in [0, 0.1) is 5.92 Å². The summed E-state index contributed by atoms with van der Waals surface area (Å²) in [4.78, 5) is 2.32. The first-order valence-electron chi connectivity index (χ1n) is 7.55. The molecule has 0 bridgehead atoms. The van der Waals surface area contributed by atoms with E-state index < -0.39 is 6.10 Å². The Balaban J connectivity index is 1.53. The first-order valence-corrected chi connectivity index (χ1v) is 7.55. The molecule has 2 heterocycles. The Morgan fingerprint density at radius 1 is 1.29 bits per heavy atom. The molecule has 0 amide bonds. The fraction of sp³-hybridized carbons (Fsp3) is 0.625. The zero-order valence-electron chi connectivity index (χ0n) is 12.5. The van der Waals surface area contributed by atoms with E-state index >= 15 is 0 Å². The molecule has 1 aromatic carbocycles. The topological polar surface area (TPSA) is 51.2 Å². The summed E-state index contributed by atoms with van der Waals surface area (Å²) >= 11 is 0. The van der Waals surface area contributed by atoms with Crippen LogP contribution < -0.4 is 9.47 Å². The third kappa shape index (κ3) is 3.48. The van der Waals surface area contributed by atoms with Crippen LogP contribution in [0.15, 0.2) is 18.2 Å². The summed E-state index contributed by atoms with van der Waals surface area (Å²) < 4.78 is 15.9. The molecule has 0 aliphatic carbocycles. The first kappa shape index (κ1) is 14.6. The number of piperidine rings is 1. The van der Waals surface area contributed by atoms with Crippen molar-refractivity contribution in [3.63, 3.8) is 0 Å². The highest BCUT2D eigenvalue weighted by atomic mass is 16.7. The van der Waals surface area contributed by atoms with Crippen molar-refractivity contribution in [2.24, 2.45) is 5.92 Å². The quantitative estimate of drug-likeness (QED) is 0.897. The highest BCUT2D eigenvalue weighted by Crippen LogP contribution is 2.34. The summed E-state index contributed by atoms with van der Waals surface area (Å²) in [5.41, 5.74) is 0.887. The SMILES string of the molecule is COCC1CCN(CC(O)c2ccc3c(c2)OCO3)CC1. The fourth-order valence-electron chi connectivity index (χ4n) is 3.04. The molecule has 0 aromatic heterocycles. The minimum Gasteiger partial charge on any atom is -0.454 e. The van der Waals surface area contributed by atoms with Gasteiger partial charge in [-0.05, 0) is 49.5 Å². The van der Waals surface area contributed by atoms with Crippen LogP contribution in [0.5, 0.6) is 11.5 Å². The number of aliphatic hydroxyl groups excluding tert-OH is 1. The van der Waals surface area contributed by atoms with E-state index in [1.807, 2.05) is 18.2 Å². The smallest absolute Gasteiger partial charge is 0.231 e. The summed E-state index contributed by atoms with van der Waals surface area (Å²) in [7, 11) is 1.76. The third-order valence-corrected chi connectivity index (χ3v) is 4.32.